The fourth-order valence-corrected chi connectivity index (χ4v) is 1.89. The number of pyridine rings is 2. The number of hydrogen-bond donors (Lipinski definition) is 1. The largest absolute Gasteiger partial charge is 0.487 e. The minimum absolute atomic E-state index is 0.525. The standard InChI is InChI=1S/C18H16N4O/c1-2-6-15(7-3-1)14-23-17-10-9-16(20-13-17)12-21-22-18-8-4-5-11-19-18/h1-13H,14H2,(H,19,22). The van der Waals surface area contributed by atoms with Crippen LogP contribution < -0.4 is 10.2 Å². The van der Waals surface area contributed by atoms with Gasteiger partial charge in [0.05, 0.1) is 18.1 Å². The molecule has 0 aliphatic heterocycles. The van der Waals surface area contributed by atoms with E-state index in [2.05, 4.69) is 20.5 Å². The highest BCUT2D eigenvalue weighted by atomic mass is 16.5. The van der Waals surface area contributed by atoms with Crippen LogP contribution in [0.5, 0.6) is 5.75 Å². The van der Waals surface area contributed by atoms with Crippen LogP contribution in [0, 0.1) is 0 Å². The van der Waals surface area contributed by atoms with E-state index in [1.807, 2.05) is 60.7 Å². The SMILES string of the molecule is C(=NNc1ccccn1)c1ccc(OCc2ccccc2)cn1. The lowest BCUT2D eigenvalue weighted by atomic mass is 10.2. The van der Waals surface area contributed by atoms with Gasteiger partial charge in [0.2, 0.25) is 0 Å². The molecule has 1 N–H and O–H groups in total. The van der Waals surface area contributed by atoms with Crippen molar-refractivity contribution in [2.24, 2.45) is 5.10 Å². The minimum Gasteiger partial charge on any atom is -0.487 e. The first kappa shape index (κ1) is 14.7. The fourth-order valence-electron chi connectivity index (χ4n) is 1.89. The van der Waals surface area contributed by atoms with Crippen molar-refractivity contribution >= 4 is 12.0 Å². The summed E-state index contributed by atoms with van der Waals surface area (Å²) >= 11 is 0. The van der Waals surface area contributed by atoms with Crippen molar-refractivity contribution in [3.8, 4) is 5.75 Å². The third-order valence-corrected chi connectivity index (χ3v) is 3.05. The zero-order chi connectivity index (χ0) is 15.7. The van der Waals surface area contributed by atoms with Crippen LogP contribution in [0.1, 0.15) is 11.3 Å². The molecule has 1 aromatic carbocycles. The third kappa shape index (κ3) is 4.64. The first-order chi connectivity index (χ1) is 11.4. The van der Waals surface area contributed by atoms with Gasteiger partial charge >= 0.3 is 0 Å². The smallest absolute Gasteiger partial charge is 0.146 e. The number of ether oxygens (including phenoxy) is 1. The molecular formula is C18H16N4O. The van der Waals surface area contributed by atoms with E-state index in [0.29, 0.717) is 12.4 Å². The van der Waals surface area contributed by atoms with Gasteiger partial charge in [-0.05, 0) is 29.8 Å². The molecule has 0 radical (unpaired) electrons. The summed E-state index contributed by atoms with van der Waals surface area (Å²) in [6.07, 6.45) is 5.02. The van der Waals surface area contributed by atoms with E-state index in [1.54, 1.807) is 18.6 Å². The molecule has 0 bridgehead atoms. The lowest BCUT2D eigenvalue weighted by Gasteiger charge is -2.05. The molecule has 0 atom stereocenters. The van der Waals surface area contributed by atoms with Gasteiger partial charge in [-0.1, -0.05) is 36.4 Å². The average Bonchev–Trinajstić information content (AvgIpc) is 2.63. The van der Waals surface area contributed by atoms with E-state index in [0.717, 1.165) is 17.0 Å². The summed E-state index contributed by atoms with van der Waals surface area (Å²) in [5.41, 5.74) is 4.70. The van der Waals surface area contributed by atoms with E-state index in [4.69, 9.17) is 4.74 Å². The quantitative estimate of drug-likeness (QED) is 0.559. The molecule has 0 aliphatic carbocycles. The van der Waals surface area contributed by atoms with Crippen LogP contribution in [0.3, 0.4) is 0 Å². The van der Waals surface area contributed by atoms with Crippen LogP contribution in [-0.2, 0) is 6.61 Å². The number of nitrogens with one attached hydrogen (secondary N) is 1. The molecule has 5 heteroatoms. The summed E-state index contributed by atoms with van der Waals surface area (Å²) in [7, 11) is 0. The molecule has 0 spiro atoms. The van der Waals surface area contributed by atoms with E-state index in [-0.39, 0.29) is 0 Å². The zero-order valence-corrected chi connectivity index (χ0v) is 12.5. The van der Waals surface area contributed by atoms with Crippen molar-refractivity contribution in [3.05, 3.63) is 84.3 Å². The maximum absolute atomic E-state index is 5.69. The van der Waals surface area contributed by atoms with E-state index >= 15 is 0 Å². The van der Waals surface area contributed by atoms with Gasteiger partial charge in [0.15, 0.2) is 0 Å². The van der Waals surface area contributed by atoms with Crippen LogP contribution >= 0.6 is 0 Å². The first-order valence-corrected chi connectivity index (χ1v) is 7.23. The molecular weight excluding hydrogens is 288 g/mol. The van der Waals surface area contributed by atoms with Crippen molar-refractivity contribution in [2.45, 2.75) is 6.61 Å². The van der Waals surface area contributed by atoms with Gasteiger partial charge in [-0.2, -0.15) is 5.10 Å². The maximum Gasteiger partial charge on any atom is 0.146 e. The number of rotatable bonds is 6. The number of nitrogens with zero attached hydrogens (tertiary/aromatic N) is 3. The Kier molecular flexibility index (Phi) is 4.93. The van der Waals surface area contributed by atoms with Crippen molar-refractivity contribution in [1.29, 1.82) is 0 Å². The maximum atomic E-state index is 5.69. The Bertz CT molecular complexity index is 743. The van der Waals surface area contributed by atoms with Crippen LogP contribution in [-0.4, -0.2) is 16.2 Å². The average molecular weight is 304 g/mol. The number of hydrogen-bond acceptors (Lipinski definition) is 5. The summed E-state index contributed by atoms with van der Waals surface area (Å²) in [5.74, 6) is 1.41. The van der Waals surface area contributed by atoms with E-state index in [1.165, 1.54) is 0 Å². The molecule has 0 amide bonds. The van der Waals surface area contributed by atoms with Crippen molar-refractivity contribution in [3.63, 3.8) is 0 Å². The van der Waals surface area contributed by atoms with Gasteiger partial charge in [-0.15, -0.1) is 0 Å². The van der Waals surface area contributed by atoms with Crippen LogP contribution in [0.25, 0.3) is 0 Å². The summed E-state index contributed by atoms with van der Waals surface area (Å²) < 4.78 is 5.69. The van der Waals surface area contributed by atoms with Crippen molar-refractivity contribution in [2.75, 3.05) is 5.43 Å². The molecule has 3 aromatic rings. The lowest BCUT2D eigenvalue weighted by molar-refractivity contribution is 0.305. The highest BCUT2D eigenvalue weighted by molar-refractivity contribution is 5.77. The highest BCUT2D eigenvalue weighted by Crippen LogP contribution is 2.11. The van der Waals surface area contributed by atoms with E-state index in [9.17, 15) is 0 Å². The van der Waals surface area contributed by atoms with Gasteiger partial charge in [0, 0.05) is 6.20 Å². The first-order valence-electron chi connectivity index (χ1n) is 7.23. The Balaban J connectivity index is 1.52. The second-order valence-corrected chi connectivity index (χ2v) is 4.78. The summed E-state index contributed by atoms with van der Waals surface area (Å²) in [4.78, 5) is 8.40. The van der Waals surface area contributed by atoms with Gasteiger partial charge in [0.25, 0.3) is 0 Å². The molecule has 2 heterocycles. The predicted octanol–water partition coefficient (Wildman–Crippen LogP) is 3.50. The normalized spacial score (nSPS) is 10.6. The topological polar surface area (TPSA) is 59.4 Å². The number of benzene rings is 1. The Morgan fingerprint density at radius 3 is 2.57 bits per heavy atom. The summed E-state index contributed by atoms with van der Waals surface area (Å²) in [6.45, 7) is 0.525. The molecule has 0 saturated carbocycles. The lowest BCUT2D eigenvalue weighted by Crippen LogP contribution is -1.97. The molecule has 0 unspecified atom stereocenters. The van der Waals surface area contributed by atoms with Crippen LogP contribution in [0.15, 0.2) is 78.2 Å². The van der Waals surface area contributed by atoms with Gasteiger partial charge in [-0.3, -0.25) is 10.4 Å². The fraction of sp³-hybridized carbons (Fsp3) is 0.0556. The molecule has 0 fully saturated rings. The Hall–Kier alpha value is -3.21. The number of anilines is 1. The molecule has 5 nitrogen and oxygen atoms in total. The Morgan fingerprint density at radius 2 is 1.83 bits per heavy atom. The number of aromatic nitrogens is 2. The van der Waals surface area contributed by atoms with Crippen molar-refractivity contribution in [1.82, 2.24) is 9.97 Å². The van der Waals surface area contributed by atoms with Crippen LogP contribution in [0.2, 0.25) is 0 Å². The molecule has 23 heavy (non-hydrogen) atoms. The Labute approximate surface area is 134 Å². The summed E-state index contributed by atoms with van der Waals surface area (Å²) in [5, 5.41) is 4.09. The molecule has 114 valence electrons. The molecule has 2 aromatic heterocycles. The second kappa shape index (κ2) is 7.70. The van der Waals surface area contributed by atoms with Gasteiger partial charge in [-0.25, -0.2) is 4.98 Å². The minimum atomic E-state index is 0.525. The van der Waals surface area contributed by atoms with Gasteiger partial charge < -0.3 is 4.74 Å². The van der Waals surface area contributed by atoms with E-state index < -0.39 is 0 Å². The van der Waals surface area contributed by atoms with Crippen molar-refractivity contribution < 1.29 is 4.74 Å². The van der Waals surface area contributed by atoms with Gasteiger partial charge in [0.1, 0.15) is 18.2 Å². The van der Waals surface area contributed by atoms with Crippen LogP contribution in [0.4, 0.5) is 5.82 Å². The predicted molar refractivity (Wildman–Crippen MR) is 90.5 cm³/mol. The Morgan fingerprint density at radius 1 is 0.957 bits per heavy atom. The zero-order valence-electron chi connectivity index (χ0n) is 12.5. The molecule has 0 aliphatic rings. The highest BCUT2D eigenvalue weighted by Gasteiger charge is 1.97. The summed E-state index contributed by atoms with van der Waals surface area (Å²) in [6, 6.07) is 19.3. The second-order valence-electron chi connectivity index (χ2n) is 4.78. The third-order valence-electron chi connectivity index (χ3n) is 3.05. The molecule has 0 saturated heterocycles. The number of hydrazone groups is 1. The molecule has 3 rings (SSSR count). The monoisotopic (exact) mass is 304 g/mol.